The highest BCUT2D eigenvalue weighted by atomic mass is 16.4. The van der Waals surface area contributed by atoms with Crippen molar-refractivity contribution in [3.8, 4) is 0 Å². The summed E-state index contributed by atoms with van der Waals surface area (Å²) in [6, 6.07) is 1.74. The summed E-state index contributed by atoms with van der Waals surface area (Å²) >= 11 is 0. The molecular weight excluding hydrogens is 232 g/mol. The molecule has 2 aromatic heterocycles. The van der Waals surface area contributed by atoms with E-state index in [0.717, 1.165) is 18.4 Å². The first-order chi connectivity index (χ1) is 8.70. The summed E-state index contributed by atoms with van der Waals surface area (Å²) < 4.78 is 1.71. The number of hydrogen-bond acceptors (Lipinski definition) is 4. The van der Waals surface area contributed by atoms with Crippen LogP contribution in [0.25, 0.3) is 5.52 Å². The third-order valence-electron chi connectivity index (χ3n) is 2.72. The van der Waals surface area contributed by atoms with Gasteiger partial charge in [-0.1, -0.05) is 13.3 Å². The number of hydrogen-bond donors (Lipinski definition) is 2. The van der Waals surface area contributed by atoms with E-state index >= 15 is 0 Å². The molecule has 2 aromatic rings. The maximum absolute atomic E-state index is 10.8. The highest BCUT2D eigenvalue weighted by molar-refractivity contribution is 5.70. The minimum absolute atomic E-state index is 0.0880. The normalized spacial score (nSPS) is 12.5. The van der Waals surface area contributed by atoms with Crippen LogP contribution in [0.2, 0.25) is 0 Å². The Morgan fingerprint density at radius 3 is 3.11 bits per heavy atom. The molecule has 0 spiro atoms. The summed E-state index contributed by atoms with van der Waals surface area (Å²) in [5.41, 5.74) is 0.851. The van der Waals surface area contributed by atoms with Crippen LogP contribution in [0.3, 0.4) is 0 Å². The number of anilines is 1. The topological polar surface area (TPSA) is 79.5 Å². The van der Waals surface area contributed by atoms with Crippen LogP contribution < -0.4 is 5.32 Å². The Balaban J connectivity index is 2.19. The maximum Gasteiger partial charge on any atom is 0.305 e. The SMILES string of the molecule is CCCC(CC(=O)O)Nc1nccn2nccc12. The van der Waals surface area contributed by atoms with Crippen molar-refractivity contribution in [1.29, 1.82) is 0 Å². The zero-order valence-corrected chi connectivity index (χ0v) is 10.2. The van der Waals surface area contributed by atoms with Crippen LogP contribution in [-0.2, 0) is 4.79 Å². The molecule has 96 valence electrons. The number of carbonyl (C=O) groups is 1. The first-order valence-electron chi connectivity index (χ1n) is 5.97. The lowest BCUT2D eigenvalue weighted by molar-refractivity contribution is -0.137. The number of aliphatic carboxylic acids is 1. The van der Waals surface area contributed by atoms with Crippen molar-refractivity contribution in [2.75, 3.05) is 5.32 Å². The van der Waals surface area contributed by atoms with Gasteiger partial charge in [0.1, 0.15) is 5.52 Å². The molecule has 0 radical (unpaired) electrons. The minimum Gasteiger partial charge on any atom is -0.481 e. The zero-order chi connectivity index (χ0) is 13.0. The van der Waals surface area contributed by atoms with Crippen molar-refractivity contribution in [1.82, 2.24) is 14.6 Å². The summed E-state index contributed by atoms with van der Waals surface area (Å²) in [6.07, 6.45) is 6.90. The average Bonchev–Trinajstić information content (AvgIpc) is 2.77. The fourth-order valence-electron chi connectivity index (χ4n) is 1.95. The molecular formula is C12H16N4O2. The standard InChI is InChI=1S/C12H16N4O2/c1-2-3-9(8-11(17)18)15-12-10-4-5-14-16(10)7-6-13-12/h4-7,9H,2-3,8H2,1H3,(H,13,15)(H,17,18). The number of carboxylic acids is 1. The van der Waals surface area contributed by atoms with Gasteiger partial charge in [0.15, 0.2) is 5.82 Å². The van der Waals surface area contributed by atoms with E-state index in [9.17, 15) is 4.79 Å². The Labute approximate surface area is 105 Å². The van der Waals surface area contributed by atoms with Gasteiger partial charge in [-0.05, 0) is 12.5 Å². The Morgan fingerprint density at radius 2 is 2.39 bits per heavy atom. The molecule has 1 atom stereocenters. The average molecular weight is 248 g/mol. The van der Waals surface area contributed by atoms with Crippen LogP contribution in [0, 0.1) is 0 Å². The molecule has 18 heavy (non-hydrogen) atoms. The Hall–Kier alpha value is -2.11. The number of rotatable bonds is 6. The van der Waals surface area contributed by atoms with E-state index in [0.29, 0.717) is 5.82 Å². The van der Waals surface area contributed by atoms with Crippen molar-refractivity contribution in [3.63, 3.8) is 0 Å². The van der Waals surface area contributed by atoms with E-state index in [1.54, 1.807) is 23.1 Å². The number of aromatic nitrogens is 3. The molecule has 0 bridgehead atoms. The predicted molar refractivity (Wildman–Crippen MR) is 67.6 cm³/mol. The molecule has 0 aromatic carbocycles. The van der Waals surface area contributed by atoms with Gasteiger partial charge in [0.05, 0.1) is 12.6 Å². The molecule has 2 rings (SSSR count). The molecule has 0 aliphatic heterocycles. The molecule has 0 saturated heterocycles. The van der Waals surface area contributed by atoms with Gasteiger partial charge in [-0.25, -0.2) is 9.50 Å². The molecule has 1 unspecified atom stereocenters. The van der Waals surface area contributed by atoms with Gasteiger partial charge in [0, 0.05) is 18.4 Å². The highest BCUT2D eigenvalue weighted by Gasteiger charge is 2.14. The second-order valence-electron chi connectivity index (χ2n) is 4.16. The molecule has 0 aliphatic rings. The molecule has 2 N–H and O–H groups in total. The first kappa shape index (κ1) is 12.3. The lowest BCUT2D eigenvalue weighted by atomic mass is 10.1. The third-order valence-corrected chi connectivity index (χ3v) is 2.72. The molecule has 0 fully saturated rings. The van der Waals surface area contributed by atoms with Crippen molar-refractivity contribution >= 4 is 17.3 Å². The summed E-state index contributed by atoms with van der Waals surface area (Å²) in [5, 5.41) is 16.2. The Kier molecular flexibility index (Phi) is 3.76. The lowest BCUT2D eigenvalue weighted by Gasteiger charge is -2.17. The monoisotopic (exact) mass is 248 g/mol. The number of nitrogens with zero attached hydrogens (tertiary/aromatic N) is 3. The van der Waals surface area contributed by atoms with Crippen LogP contribution in [-0.4, -0.2) is 31.7 Å². The van der Waals surface area contributed by atoms with Gasteiger partial charge in [-0.3, -0.25) is 4.79 Å². The zero-order valence-electron chi connectivity index (χ0n) is 10.2. The van der Waals surface area contributed by atoms with Crippen molar-refractivity contribution in [2.45, 2.75) is 32.2 Å². The van der Waals surface area contributed by atoms with Crippen LogP contribution in [0.1, 0.15) is 26.2 Å². The van der Waals surface area contributed by atoms with E-state index in [1.165, 1.54) is 0 Å². The molecule has 6 nitrogen and oxygen atoms in total. The van der Waals surface area contributed by atoms with Crippen molar-refractivity contribution < 1.29 is 9.90 Å². The van der Waals surface area contributed by atoms with E-state index in [4.69, 9.17) is 5.11 Å². The third kappa shape index (κ3) is 2.77. The molecule has 0 amide bonds. The predicted octanol–water partition coefficient (Wildman–Crippen LogP) is 1.78. The summed E-state index contributed by atoms with van der Waals surface area (Å²) in [6.45, 7) is 2.03. The molecule has 0 aliphatic carbocycles. The molecule has 6 heteroatoms. The summed E-state index contributed by atoms with van der Waals surface area (Å²) in [4.78, 5) is 15.1. The van der Waals surface area contributed by atoms with Crippen LogP contribution in [0.4, 0.5) is 5.82 Å². The molecule has 0 saturated carbocycles. The largest absolute Gasteiger partial charge is 0.481 e. The van der Waals surface area contributed by atoms with Crippen LogP contribution >= 0.6 is 0 Å². The summed E-state index contributed by atoms with van der Waals surface area (Å²) in [7, 11) is 0. The van der Waals surface area contributed by atoms with Crippen molar-refractivity contribution in [2.24, 2.45) is 0 Å². The van der Waals surface area contributed by atoms with Crippen LogP contribution in [0.5, 0.6) is 0 Å². The maximum atomic E-state index is 10.8. The number of nitrogens with one attached hydrogen (secondary N) is 1. The van der Waals surface area contributed by atoms with E-state index in [-0.39, 0.29) is 12.5 Å². The second kappa shape index (κ2) is 5.48. The quantitative estimate of drug-likeness (QED) is 0.814. The van der Waals surface area contributed by atoms with Crippen LogP contribution in [0.15, 0.2) is 24.7 Å². The van der Waals surface area contributed by atoms with E-state index < -0.39 is 5.97 Å². The van der Waals surface area contributed by atoms with Gasteiger partial charge >= 0.3 is 5.97 Å². The van der Waals surface area contributed by atoms with Gasteiger partial charge < -0.3 is 10.4 Å². The van der Waals surface area contributed by atoms with E-state index in [1.807, 2.05) is 13.0 Å². The highest BCUT2D eigenvalue weighted by Crippen LogP contribution is 2.16. The van der Waals surface area contributed by atoms with Gasteiger partial charge in [-0.2, -0.15) is 5.10 Å². The lowest BCUT2D eigenvalue weighted by Crippen LogP contribution is -2.23. The van der Waals surface area contributed by atoms with Gasteiger partial charge in [0.2, 0.25) is 0 Å². The smallest absolute Gasteiger partial charge is 0.305 e. The number of carboxylic acid groups (broad SMARTS) is 1. The fraction of sp³-hybridized carbons (Fsp3) is 0.417. The Bertz CT molecular complexity index is 538. The first-order valence-corrected chi connectivity index (χ1v) is 5.97. The van der Waals surface area contributed by atoms with Gasteiger partial charge in [-0.15, -0.1) is 0 Å². The van der Waals surface area contributed by atoms with Crippen molar-refractivity contribution in [3.05, 3.63) is 24.7 Å². The fourth-order valence-corrected chi connectivity index (χ4v) is 1.95. The molecule has 2 heterocycles. The number of fused-ring (bicyclic) bond motifs is 1. The summed E-state index contributed by atoms with van der Waals surface area (Å²) in [5.74, 6) is -0.129. The van der Waals surface area contributed by atoms with Gasteiger partial charge in [0.25, 0.3) is 0 Å². The second-order valence-corrected chi connectivity index (χ2v) is 4.16. The minimum atomic E-state index is -0.804. The van der Waals surface area contributed by atoms with E-state index in [2.05, 4.69) is 15.4 Å². The Morgan fingerprint density at radius 1 is 1.56 bits per heavy atom.